The van der Waals surface area contributed by atoms with Crippen molar-refractivity contribution in [2.24, 2.45) is 0 Å². The number of hydrogen-bond donors (Lipinski definition) is 0. The van der Waals surface area contributed by atoms with Crippen LogP contribution in [-0.4, -0.2) is 43.1 Å². The monoisotopic (exact) mass is 382 g/mol. The number of methoxy groups -OCH3 is 2. The van der Waals surface area contributed by atoms with Gasteiger partial charge in [-0.25, -0.2) is 4.98 Å². The van der Waals surface area contributed by atoms with Gasteiger partial charge in [-0.1, -0.05) is 12.1 Å². The van der Waals surface area contributed by atoms with Gasteiger partial charge in [0.15, 0.2) is 0 Å². The second-order valence-corrected chi connectivity index (χ2v) is 7.77. The number of nitrogens with zero attached hydrogens (tertiary/aromatic N) is 2. The summed E-state index contributed by atoms with van der Waals surface area (Å²) in [7, 11) is 3.18. The molecule has 2 heterocycles. The minimum atomic E-state index is 0.0120. The minimum absolute atomic E-state index is 0.0120. The Kier molecular flexibility index (Phi) is 4.99. The predicted octanol–water partition coefficient (Wildman–Crippen LogP) is 4.33. The van der Waals surface area contributed by atoms with Crippen molar-refractivity contribution in [1.29, 1.82) is 0 Å². The third-order valence-electron chi connectivity index (χ3n) is 4.97. The van der Waals surface area contributed by atoms with Gasteiger partial charge in [0.1, 0.15) is 11.5 Å². The molecule has 1 fully saturated rings. The fraction of sp³-hybridized carbons (Fsp3) is 0.333. The number of amides is 1. The Morgan fingerprint density at radius 3 is 2.59 bits per heavy atom. The summed E-state index contributed by atoms with van der Waals surface area (Å²) in [4.78, 5) is 19.8. The average Bonchev–Trinajstić information content (AvgIpc) is 3.17. The number of fused-ring (bicyclic) bond motifs is 1. The molecule has 1 amide bonds. The molecule has 4 rings (SSSR count). The summed E-state index contributed by atoms with van der Waals surface area (Å²) < 4.78 is 11.8. The van der Waals surface area contributed by atoms with E-state index in [-0.39, 0.29) is 11.8 Å². The third kappa shape index (κ3) is 3.62. The molecule has 1 saturated heterocycles. The van der Waals surface area contributed by atoms with Gasteiger partial charge < -0.3 is 14.4 Å². The highest BCUT2D eigenvalue weighted by Gasteiger charge is 2.28. The van der Waals surface area contributed by atoms with Gasteiger partial charge in [0.05, 0.1) is 29.4 Å². The predicted molar refractivity (Wildman–Crippen MR) is 107 cm³/mol. The Balaban J connectivity index is 1.56. The molecule has 0 saturated carbocycles. The maximum Gasteiger partial charge on any atom is 0.254 e. The highest BCUT2D eigenvalue weighted by atomic mass is 32.1. The van der Waals surface area contributed by atoms with Gasteiger partial charge in [-0.2, -0.15) is 0 Å². The Labute approximate surface area is 162 Å². The van der Waals surface area contributed by atoms with Crippen LogP contribution in [0.3, 0.4) is 0 Å². The van der Waals surface area contributed by atoms with E-state index in [1.165, 1.54) is 4.70 Å². The topological polar surface area (TPSA) is 51.7 Å². The molecule has 0 unspecified atom stereocenters. The molecule has 0 N–H and O–H groups in total. The lowest BCUT2D eigenvalue weighted by atomic mass is 9.98. The zero-order chi connectivity index (χ0) is 18.8. The van der Waals surface area contributed by atoms with E-state index in [1.54, 1.807) is 43.8 Å². The van der Waals surface area contributed by atoms with Gasteiger partial charge in [-0.3, -0.25) is 4.79 Å². The molecule has 140 valence electrons. The molecule has 0 aliphatic carbocycles. The van der Waals surface area contributed by atoms with E-state index < -0.39 is 0 Å². The first-order valence-electron chi connectivity index (χ1n) is 9.05. The smallest absolute Gasteiger partial charge is 0.254 e. The Morgan fingerprint density at radius 1 is 1.15 bits per heavy atom. The molecule has 27 heavy (non-hydrogen) atoms. The van der Waals surface area contributed by atoms with Crippen LogP contribution in [0.4, 0.5) is 0 Å². The highest BCUT2D eigenvalue weighted by Crippen LogP contribution is 2.34. The Hall–Kier alpha value is -2.60. The molecule has 0 bridgehead atoms. The summed E-state index contributed by atoms with van der Waals surface area (Å²) in [6, 6.07) is 13.5. The number of para-hydroxylation sites is 1. The zero-order valence-corrected chi connectivity index (χ0v) is 16.3. The lowest BCUT2D eigenvalue weighted by Crippen LogP contribution is -2.39. The van der Waals surface area contributed by atoms with Crippen molar-refractivity contribution >= 4 is 27.5 Å². The molecular weight excluding hydrogens is 360 g/mol. The molecule has 3 aromatic rings. The number of likely N-dealkylation sites (tertiary alicyclic amines) is 1. The van der Waals surface area contributed by atoms with Crippen molar-refractivity contribution in [1.82, 2.24) is 9.88 Å². The first kappa shape index (κ1) is 17.8. The van der Waals surface area contributed by atoms with Crippen LogP contribution in [0.5, 0.6) is 11.5 Å². The number of benzene rings is 2. The van der Waals surface area contributed by atoms with E-state index in [4.69, 9.17) is 14.5 Å². The van der Waals surface area contributed by atoms with E-state index in [1.807, 2.05) is 23.1 Å². The fourth-order valence-corrected chi connectivity index (χ4v) is 4.63. The summed E-state index contributed by atoms with van der Waals surface area (Å²) in [5.41, 5.74) is 1.63. The fourth-order valence-electron chi connectivity index (χ4n) is 3.54. The van der Waals surface area contributed by atoms with Gasteiger partial charge in [0, 0.05) is 30.6 Å². The van der Waals surface area contributed by atoms with Crippen LogP contribution in [0.25, 0.3) is 10.2 Å². The Morgan fingerprint density at radius 2 is 1.89 bits per heavy atom. The normalized spacial score (nSPS) is 17.1. The van der Waals surface area contributed by atoms with Crippen molar-refractivity contribution < 1.29 is 14.3 Å². The molecule has 1 aromatic heterocycles. The maximum absolute atomic E-state index is 13.1. The quantitative estimate of drug-likeness (QED) is 0.674. The second-order valence-electron chi connectivity index (χ2n) is 6.71. The van der Waals surface area contributed by atoms with Crippen LogP contribution < -0.4 is 9.47 Å². The van der Waals surface area contributed by atoms with Crippen LogP contribution in [0, 0.1) is 0 Å². The number of piperidine rings is 1. The van der Waals surface area contributed by atoms with E-state index in [0.29, 0.717) is 23.6 Å². The van der Waals surface area contributed by atoms with Crippen molar-refractivity contribution in [3.8, 4) is 11.5 Å². The minimum Gasteiger partial charge on any atom is -0.497 e. The van der Waals surface area contributed by atoms with Crippen molar-refractivity contribution in [3.63, 3.8) is 0 Å². The molecular formula is C21H22N2O3S. The van der Waals surface area contributed by atoms with Crippen LogP contribution in [0.15, 0.2) is 42.5 Å². The number of hydrogen-bond acceptors (Lipinski definition) is 5. The first-order chi connectivity index (χ1) is 13.2. The van der Waals surface area contributed by atoms with Crippen LogP contribution in [-0.2, 0) is 0 Å². The van der Waals surface area contributed by atoms with Crippen LogP contribution in [0.2, 0.25) is 0 Å². The van der Waals surface area contributed by atoms with Gasteiger partial charge >= 0.3 is 0 Å². The Bertz CT molecular complexity index is 914. The third-order valence-corrected chi connectivity index (χ3v) is 6.17. The van der Waals surface area contributed by atoms with Crippen LogP contribution in [0.1, 0.15) is 34.1 Å². The SMILES string of the molecule is COc1cc(OC)cc(C(=O)N2CCC[C@@H](c3nc4ccccc4s3)C2)c1. The number of thiazole rings is 1. The summed E-state index contributed by atoms with van der Waals surface area (Å²) in [5.74, 6) is 1.54. The van der Waals surface area contributed by atoms with Gasteiger partial charge in [0.2, 0.25) is 0 Å². The number of rotatable bonds is 4. The molecule has 1 aliphatic rings. The largest absolute Gasteiger partial charge is 0.497 e. The molecule has 6 heteroatoms. The molecule has 5 nitrogen and oxygen atoms in total. The molecule has 0 spiro atoms. The second kappa shape index (κ2) is 7.56. The van der Waals surface area contributed by atoms with E-state index in [2.05, 4.69) is 6.07 Å². The van der Waals surface area contributed by atoms with Crippen molar-refractivity contribution in [3.05, 3.63) is 53.0 Å². The lowest BCUT2D eigenvalue weighted by molar-refractivity contribution is 0.0706. The number of aromatic nitrogens is 1. The van der Waals surface area contributed by atoms with Gasteiger partial charge in [-0.05, 0) is 37.1 Å². The van der Waals surface area contributed by atoms with Crippen molar-refractivity contribution in [2.75, 3.05) is 27.3 Å². The van der Waals surface area contributed by atoms with E-state index >= 15 is 0 Å². The van der Waals surface area contributed by atoms with Crippen molar-refractivity contribution in [2.45, 2.75) is 18.8 Å². The summed E-state index contributed by atoms with van der Waals surface area (Å²) in [6.07, 6.45) is 2.04. The first-order valence-corrected chi connectivity index (χ1v) is 9.87. The average molecular weight is 382 g/mol. The maximum atomic E-state index is 13.1. The van der Waals surface area contributed by atoms with Crippen LogP contribution >= 0.6 is 11.3 Å². The molecule has 2 aromatic carbocycles. The van der Waals surface area contributed by atoms with Gasteiger partial charge in [-0.15, -0.1) is 11.3 Å². The lowest BCUT2D eigenvalue weighted by Gasteiger charge is -2.32. The number of carbonyl (C=O) groups excluding carboxylic acids is 1. The molecule has 1 atom stereocenters. The zero-order valence-electron chi connectivity index (χ0n) is 15.5. The van der Waals surface area contributed by atoms with E-state index in [0.717, 1.165) is 29.9 Å². The standard InChI is InChI=1S/C21H22N2O3S/c1-25-16-10-15(11-17(12-16)26-2)21(24)23-9-5-6-14(13-23)20-22-18-7-3-4-8-19(18)27-20/h3-4,7-8,10-12,14H,5-6,9,13H2,1-2H3/t14-/m1/s1. The highest BCUT2D eigenvalue weighted by molar-refractivity contribution is 7.18. The molecule has 1 aliphatic heterocycles. The number of carbonyl (C=O) groups is 1. The number of ether oxygens (including phenoxy) is 2. The van der Waals surface area contributed by atoms with E-state index in [9.17, 15) is 4.79 Å². The summed E-state index contributed by atoms with van der Waals surface area (Å²) in [5, 5.41) is 1.12. The molecule has 0 radical (unpaired) electrons. The summed E-state index contributed by atoms with van der Waals surface area (Å²) in [6.45, 7) is 1.46. The summed E-state index contributed by atoms with van der Waals surface area (Å²) >= 11 is 1.74. The van der Waals surface area contributed by atoms with Gasteiger partial charge in [0.25, 0.3) is 5.91 Å².